The van der Waals surface area contributed by atoms with Gasteiger partial charge in [-0.05, 0) is 5.56 Å². The van der Waals surface area contributed by atoms with Gasteiger partial charge in [0.25, 0.3) is 0 Å². The predicted octanol–water partition coefficient (Wildman–Crippen LogP) is 2.64. The zero-order valence-electron chi connectivity index (χ0n) is 14.8. The molecule has 6 nitrogen and oxygen atoms in total. The van der Waals surface area contributed by atoms with Gasteiger partial charge in [-0.15, -0.1) is 0 Å². The van der Waals surface area contributed by atoms with Gasteiger partial charge in [0.2, 0.25) is 0 Å². The molecule has 1 aliphatic rings. The molecule has 1 heterocycles. The van der Waals surface area contributed by atoms with Crippen LogP contribution in [0.15, 0.2) is 30.3 Å². The minimum atomic E-state index is -0.478. The number of rotatable bonds is 8. The van der Waals surface area contributed by atoms with E-state index in [-0.39, 0.29) is 18.5 Å². The standard InChI is InChI=1S/C19H26O6/c1-3-17(20)23-13-16-19(24-12-14-8-6-5-7-9-14)15(10-11-22-16)25-18(21)4-2/h5-9,15-16,19H,3-4,10-13H2,1-2H3. The van der Waals surface area contributed by atoms with E-state index >= 15 is 0 Å². The highest BCUT2D eigenvalue weighted by atomic mass is 16.6. The van der Waals surface area contributed by atoms with E-state index in [4.69, 9.17) is 18.9 Å². The van der Waals surface area contributed by atoms with Crippen LogP contribution >= 0.6 is 0 Å². The van der Waals surface area contributed by atoms with Gasteiger partial charge in [-0.1, -0.05) is 44.2 Å². The van der Waals surface area contributed by atoms with E-state index in [9.17, 15) is 9.59 Å². The Kier molecular flexibility index (Phi) is 7.88. The molecule has 0 radical (unpaired) electrons. The van der Waals surface area contributed by atoms with E-state index in [0.717, 1.165) is 5.56 Å². The molecule has 0 saturated carbocycles. The SMILES string of the molecule is CCC(=O)OCC1OCCC(OC(=O)CC)C1OCc1ccccc1. The molecular weight excluding hydrogens is 324 g/mol. The number of carbonyl (C=O) groups excluding carboxylic acids is 2. The average molecular weight is 350 g/mol. The van der Waals surface area contributed by atoms with Gasteiger partial charge in [-0.2, -0.15) is 0 Å². The Balaban J connectivity index is 2.03. The number of carbonyl (C=O) groups is 2. The highest BCUT2D eigenvalue weighted by molar-refractivity contribution is 5.69. The summed E-state index contributed by atoms with van der Waals surface area (Å²) in [6.07, 6.45) is -0.176. The van der Waals surface area contributed by atoms with Gasteiger partial charge in [0.05, 0.1) is 13.2 Å². The Bertz CT molecular complexity index is 544. The van der Waals surface area contributed by atoms with Crippen molar-refractivity contribution in [3.05, 3.63) is 35.9 Å². The molecule has 138 valence electrons. The summed E-state index contributed by atoms with van der Waals surface area (Å²) in [6, 6.07) is 9.73. The summed E-state index contributed by atoms with van der Waals surface area (Å²) in [5.41, 5.74) is 1.01. The van der Waals surface area contributed by atoms with Crippen molar-refractivity contribution in [2.24, 2.45) is 0 Å². The van der Waals surface area contributed by atoms with Crippen molar-refractivity contribution in [1.82, 2.24) is 0 Å². The highest BCUT2D eigenvalue weighted by Gasteiger charge is 2.38. The van der Waals surface area contributed by atoms with Gasteiger partial charge in [-0.3, -0.25) is 9.59 Å². The molecule has 1 aromatic rings. The maximum absolute atomic E-state index is 11.7. The number of hydrogen-bond donors (Lipinski definition) is 0. The first kappa shape index (κ1) is 19.4. The van der Waals surface area contributed by atoms with Crippen molar-refractivity contribution < 1.29 is 28.5 Å². The van der Waals surface area contributed by atoms with Crippen molar-refractivity contribution in [3.8, 4) is 0 Å². The summed E-state index contributed by atoms with van der Waals surface area (Å²) in [5.74, 6) is -0.567. The molecule has 2 rings (SSSR count). The normalized spacial score (nSPS) is 23.0. The van der Waals surface area contributed by atoms with Gasteiger partial charge in [-0.25, -0.2) is 0 Å². The van der Waals surface area contributed by atoms with E-state index in [0.29, 0.717) is 32.5 Å². The third-order valence-corrected chi connectivity index (χ3v) is 4.02. The quantitative estimate of drug-likeness (QED) is 0.671. The van der Waals surface area contributed by atoms with Crippen LogP contribution < -0.4 is 0 Å². The number of esters is 2. The van der Waals surface area contributed by atoms with Crippen molar-refractivity contribution in [3.63, 3.8) is 0 Å². The van der Waals surface area contributed by atoms with E-state index in [2.05, 4.69) is 0 Å². The largest absolute Gasteiger partial charge is 0.463 e. The second kappa shape index (κ2) is 10.2. The molecule has 25 heavy (non-hydrogen) atoms. The van der Waals surface area contributed by atoms with E-state index in [1.165, 1.54) is 0 Å². The molecule has 0 aliphatic carbocycles. The van der Waals surface area contributed by atoms with Gasteiger partial charge in [0.15, 0.2) is 0 Å². The molecular formula is C19H26O6. The lowest BCUT2D eigenvalue weighted by molar-refractivity contribution is -0.200. The van der Waals surface area contributed by atoms with E-state index in [1.807, 2.05) is 30.3 Å². The minimum absolute atomic E-state index is 0.0896. The summed E-state index contributed by atoms with van der Waals surface area (Å²) >= 11 is 0. The number of benzene rings is 1. The van der Waals surface area contributed by atoms with Crippen LogP contribution in [0.5, 0.6) is 0 Å². The van der Waals surface area contributed by atoms with Crippen LogP contribution in [0.25, 0.3) is 0 Å². The fraction of sp³-hybridized carbons (Fsp3) is 0.579. The van der Waals surface area contributed by atoms with Crippen LogP contribution in [0.1, 0.15) is 38.7 Å². The van der Waals surface area contributed by atoms with Crippen molar-refractivity contribution in [2.45, 2.75) is 58.0 Å². The zero-order valence-corrected chi connectivity index (χ0v) is 14.8. The van der Waals surface area contributed by atoms with Gasteiger partial charge < -0.3 is 18.9 Å². The van der Waals surface area contributed by atoms with Crippen LogP contribution in [0.3, 0.4) is 0 Å². The maximum Gasteiger partial charge on any atom is 0.305 e. The summed E-state index contributed by atoms with van der Waals surface area (Å²) in [4.78, 5) is 23.2. The average Bonchev–Trinajstić information content (AvgIpc) is 2.65. The summed E-state index contributed by atoms with van der Waals surface area (Å²) in [6.45, 7) is 4.38. The Morgan fingerprint density at radius 3 is 2.52 bits per heavy atom. The molecule has 1 aliphatic heterocycles. The second-order valence-electron chi connectivity index (χ2n) is 5.88. The van der Waals surface area contributed by atoms with Crippen molar-refractivity contribution in [2.75, 3.05) is 13.2 Å². The highest BCUT2D eigenvalue weighted by Crippen LogP contribution is 2.23. The molecule has 0 amide bonds. The van der Waals surface area contributed by atoms with E-state index < -0.39 is 18.3 Å². The van der Waals surface area contributed by atoms with Crippen LogP contribution in [0.2, 0.25) is 0 Å². The van der Waals surface area contributed by atoms with Crippen LogP contribution in [0, 0.1) is 0 Å². The molecule has 0 spiro atoms. The van der Waals surface area contributed by atoms with Gasteiger partial charge >= 0.3 is 11.9 Å². The zero-order chi connectivity index (χ0) is 18.1. The Hall–Kier alpha value is -1.92. The lowest BCUT2D eigenvalue weighted by atomic mass is 10.0. The number of ether oxygens (including phenoxy) is 4. The molecule has 1 fully saturated rings. The molecule has 3 atom stereocenters. The fourth-order valence-corrected chi connectivity index (χ4v) is 2.61. The molecule has 3 unspecified atom stereocenters. The lowest BCUT2D eigenvalue weighted by Crippen LogP contribution is -2.50. The first-order chi connectivity index (χ1) is 12.1. The van der Waals surface area contributed by atoms with Crippen molar-refractivity contribution in [1.29, 1.82) is 0 Å². The predicted molar refractivity (Wildman–Crippen MR) is 90.8 cm³/mol. The Morgan fingerprint density at radius 2 is 1.84 bits per heavy atom. The lowest BCUT2D eigenvalue weighted by Gasteiger charge is -2.37. The summed E-state index contributed by atoms with van der Waals surface area (Å²) in [7, 11) is 0. The third-order valence-electron chi connectivity index (χ3n) is 4.02. The molecule has 0 aromatic heterocycles. The first-order valence-corrected chi connectivity index (χ1v) is 8.76. The first-order valence-electron chi connectivity index (χ1n) is 8.76. The van der Waals surface area contributed by atoms with E-state index in [1.54, 1.807) is 13.8 Å². The third kappa shape index (κ3) is 6.14. The molecule has 0 N–H and O–H groups in total. The fourth-order valence-electron chi connectivity index (χ4n) is 2.61. The molecule has 1 aromatic carbocycles. The van der Waals surface area contributed by atoms with Gasteiger partial charge in [0, 0.05) is 19.3 Å². The van der Waals surface area contributed by atoms with Gasteiger partial charge in [0.1, 0.15) is 24.9 Å². The second-order valence-corrected chi connectivity index (χ2v) is 5.88. The van der Waals surface area contributed by atoms with Crippen LogP contribution in [-0.4, -0.2) is 43.5 Å². The topological polar surface area (TPSA) is 71.1 Å². The Morgan fingerprint density at radius 1 is 1.12 bits per heavy atom. The molecule has 6 heteroatoms. The van der Waals surface area contributed by atoms with Crippen molar-refractivity contribution >= 4 is 11.9 Å². The molecule has 1 saturated heterocycles. The van der Waals surface area contributed by atoms with Crippen LogP contribution in [-0.2, 0) is 35.1 Å². The minimum Gasteiger partial charge on any atom is -0.463 e. The Labute approximate surface area is 148 Å². The molecule has 0 bridgehead atoms. The smallest absolute Gasteiger partial charge is 0.305 e. The summed E-state index contributed by atoms with van der Waals surface area (Å²) < 4.78 is 22.5. The monoisotopic (exact) mass is 350 g/mol. The number of hydrogen-bond acceptors (Lipinski definition) is 6. The maximum atomic E-state index is 11.7. The summed E-state index contributed by atoms with van der Waals surface area (Å²) in [5, 5.41) is 0. The van der Waals surface area contributed by atoms with Crippen LogP contribution in [0.4, 0.5) is 0 Å².